The highest BCUT2D eigenvalue weighted by molar-refractivity contribution is 5.36. The average Bonchev–Trinajstić information content (AvgIpc) is 2.16. The minimum atomic E-state index is -0.365. The molecule has 1 unspecified atom stereocenters. The molecule has 0 saturated carbocycles. The minimum absolute atomic E-state index is 0.0410. The van der Waals surface area contributed by atoms with Gasteiger partial charge in [0.05, 0.1) is 6.10 Å². The quantitative estimate of drug-likeness (QED) is 0.853. The second-order valence-electron chi connectivity index (χ2n) is 4.51. The molecule has 2 N–H and O–H groups in total. The van der Waals surface area contributed by atoms with Gasteiger partial charge in [-0.25, -0.2) is 4.39 Å². The van der Waals surface area contributed by atoms with Crippen LogP contribution in [0, 0.1) is 11.7 Å². The van der Waals surface area contributed by atoms with Gasteiger partial charge in [-0.3, -0.25) is 0 Å². The van der Waals surface area contributed by atoms with Crippen molar-refractivity contribution in [3.05, 3.63) is 29.6 Å². The lowest BCUT2D eigenvalue weighted by atomic mass is 10.1. The lowest BCUT2D eigenvalue weighted by Gasteiger charge is -2.21. The van der Waals surface area contributed by atoms with E-state index >= 15 is 0 Å². The van der Waals surface area contributed by atoms with E-state index in [1.807, 2.05) is 6.92 Å². The van der Waals surface area contributed by atoms with Crippen LogP contribution in [0.25, 0.3) is 0 Å². The van der Waals surface area contributed by atoms with Crippen LogP contribution in [-0.2, 0) is 0 Å². The van der Waals surface area contributed by atoms with Crippen LogP contribution in [0.5, 0.6) is 5.75 Å². The summed E-state index contributed by atoms with van der Waals surface area (Å²) in [4.78, 5) is 0. The van der Waals surface area contributed by atoms with Crippen molar-refractivity contribution < 1.29 is 9.13 Å². The second-order valence-corrected chi connectivity index (χ2v) is 4.51. The molecule has 0 bridgehead atoms. The molecule has 0 heterocycles. The van der Waals surface area contributed by atoms with Gasteiger partial charge in [-0.1, -0.05) is 19.9 Å². The van der Waals surface area contributed by atoms with Crippen LogP contribution >= 0.6 is 0 Å². The summed E-state index contributed by atoms with van der Waals surface area (Å²) in [5.41, 5.74) is 6.20. The third kappa shape index (κ3) is 2.95. The molecule has 0 saturated heterocycles. The van der Waals surface area contributed by atoms with Crippen molar-refractivity contribution in [1.29, 1.82) is 0 Å². The van der Waals surface area contributed by atoms with E-state index < -0.39 is 0 Å². The molecular weight excluding hydrogens is 205 g/mol. The van der Waals surface area contributed by atoms with E-state index in [4.69, 9.17) is 10.5 Å². The Morgan fingerprint density at radius 2 is 1.81 bits per heavy atom. The molecule has 0 aliphatic carbocycles. The number of hydrogen-bond donors (Lipinski definition) is 1. The fourth-order valence-corrected chi connectivity index (χ4v) is 1.40. The van der Waals surface area contributed by atoms with E-state index in [2.05, 4.69) is 13.8 Å². The fraction of sp³-hybridized carbons (Fsp3) is 0.538. The van der Waals surface area contributed by atoms with E-state index in [0.717, 1.165) is 0 Å². The predicted octanol–water partition coefficient (Wildman–Crippen LogP) is 3.27. The van der Waals surface area contributed by atoms with E-state index in [1.54, 1.807) is 19.1 Å². The first kappa shape index (κ1) is 13.0. The van der Waals surface area contributed by atoms with Gasteiger partial charge in [0.25, 0.3) is 0 Å². The number of nitrogens with two attached hydrogens (primary N) is 1. The highest BCUT2D eigenvalue weighted by Gasteiger charge is 2.16. The predicted molar refractivity (Wildman–Crippen MR) is 63.9 cm³/mol. The Morgan fingerprint density at radius 1 is 1.19 bits per heavy atom. The van der Waals surface area contributed by atoms with Crippen molar-refractivity contribution in [3.63, 3.8) is 0 Å². The van der Waals surface area contributed by atoms with Gasteiger partial charge in [0.15, 0.2) is 0 Å². The zero-order valence-electron chi connectivity index (χ0n) is 10.3. The molecule has 0 amide bonds. The summed E-state index contributed by atoms with van der Waals surface area (Å²) in [6, 6.07) is 4.45. The fourth-order valence-electron chi connectivity index (χ4n) is 1.40. The molecule has 1 aromatic rings. The maximum atomic E-state index is 13.6. The standard InChI is InChI=1S/C13H20FNO/c1-8(2)10(4)16-12-7-5-6-11(14)13(12)9(3)15/h5-10H,15H2,1-4H3/t9-,10?/m1/s1. The van der Waals surface area contributed by atoms with Crippen molar-refractivity contribution >= 4 is 0 Å². The molecule has 0 fully saturated rings. The molecule has 0 aromatic heterocycles. The monoisotopic (exact) mass is 225 g/mol. The van der Waals surface area contributed by atoms with Crippen molar-refractivity contribution in [2.24, 2.45) is 11.7 Å². The van der Waals surface area contributed by atoms with Crippen molar-refractivity contribution in [2.75, 3.05) is 0 Å². The summed E-state index contributed by atoms with van der Waals surface area (Å²) in [5, 5.41) is 0. The SMILES string of the molecule is CC(C)C(C)Oc1cccc(F)c1[C@@H](C)N. The van der Waals surface area contributed by atoms with Crippen LogP contribution in [0.4, 0.5) is 4.39 Å². The first-order chi connectivity index (χ1) is 7.43. The molecule has 3 heteroatoms. The third-order valence-corrected chi connectivity index (χ3v) is 2.72. The van der Waals surface area contributed by atoms with Crippen LogP contribution in [0.1, 0.15) is 39.3 Å². The van der Waals surface area contributed by atoms with E-state index in [-0.39, 0.29) is 18.0 Å². The zero-order valence-corrected chi connectivity index (χ0v) is 10.3. The third-order valence-electron chi connectivity index (χ3n) is 2.72. The van der Waals surface area contributed by atoms with E-state index in [9.17, 15) is 4.39 Å². The van der Waals surface area contributed by atoms with Crippen LogP contribution in [0.15, 0.2) is 18.2 Å². The Bertz CT molecular complexity index is 350. The number of benzene rings is 1. The summed E-state index contributed by atoms with van der Waals surface area (Å²) in [7, 11) is 0. The van der Waals surface area contributed by atoms with Gasteiger partial charge >= 0.3 is 0 Å². The summed E-state index contributed by atoms with van der Waals surface area (Å²) in [6.07, 6.45) is 0.0410. The molecule has 0 aliphatic rings. The number of hydrogen-bond acceptors (Lipinski definition) is 2. The molecule has 2 nitrogen and oxygen atoms in total. The summed E-state index contributed by atoms with van der Waals surface area (Å²) >= 11 is 0. The number of rotatable bonds is 4. The molecule has 0 aliphatic heterocycles. The summed E-state index contributed by atoms with van der Waals surface area (Å²) in [6.45, 7) is 7.86. The largest absolute Gasteiger partial charge is 0.490 e. The van der Waals surface area contributed by atoms with Crippen molar-refractivity contribution in [1.82, 2.24) is 0 Å². The van der Waals surface area contributed by atoms with Crippen LogP contribution in [0.3, 0.4) is 0 Å². The normalized spacial score (nSPS) is 14.9. The van der Waals surface area contributed by atoms with Gasteiger partial charge in [-0.15, -0.1) is 0 Å². The Balaban J connectivity index is 2.99. The topological polar surface area (TPSA) is 35.2 Å². The molecule has 2 atom stereocenters. The van der Waals surface area contributed by atoms with E-state index in [0.29, 0.717) is 17.2 Å². The van der Waals surface area contributed by atoms with Gasteiger partial charge in [-0.2, -0.15) is 0 Å². The van der Waals surface area contributed by atoms with Gasteiger partial charge in [-0.05, 0) is 31.9 Å². The second kappa shape index (κ2) is 5.30. The number of halogens is 1. The minimum Gasteiger partial charge on any atom is -0.490 e. The Labute approximate surface area is 96.6 Å². The van der Waals surface area contributed by atoms with Crippen LogP contribution in [-0.4, -0.2) is 6.10 Å². The van der Waals surface area contributed by atoms with Crippen LogP contribution < -0.4 is 10.5 Å². The molecule has 0 spiro atoms. The highest BCUT2D eigenvalue weighted by atomic mass is 19.1. The molecular formula is C13H20FNO. The molecule has 1 rings (SSSR count). The first-order valence-corrected chi connectivity index (χ1v) is 5.64. The Morgan fingerprint density at radius 3 is 2.31 bits per heavy atom. The van der Waals surface area contributed by atoms with Crippen molar-refractivity contribution in [3.8, 4) is 5.75 Å². The van der Waals surface area contributed by atoms with Gasteiger partial charge in [0.2, 0.25) is 0 Å². The molecule has 90 valence electrons. The smallest absolute Gasteiger partial charge is 0.131 e. The van der Waals surface area contributed by atoms with Gasteiger partial charge in [0, 0.05) is 11.6 Å². The summed E-state index contributed by atoms with van der Waals surface area (Å²) < 4.78 is 19.3. The maximum absolute atomic E-state index is 13.6. The Hall–Kier alpha value is -1.09. The number of ether oxygens (including phenoxy) is 1. The van der Waals surface area contributed by atoms with Gasteiger partial charge < -0.3 is 10.5 Å². The molecule has 16 heavy (non-hydrogen) atoms. The molecule has 1 aromatic carbocycles. The Kier molecular flexibility index (Phi) is 4.30. The lowest BCUT2D eigenvalue weighted by Crippen LogP contribution is -2.21. The van der Waals surface area contributed by atoms with E-state index in [1.165, 1.54) is 6.07 Å². The van der Waals surface area contributed by atoms with Crippen molar-refractivity contribution in [2.45, 2.75) is 39.8 Å². The highest BCUT2D eigenvalue weighted by Crippen LogP contribution is 2.28. The first-order valence-electron chi connectivity index (χ1n) is 5.64. The average molecular weight is 225 g/mol. The summed E-state index contributed by atoms with van der Waals surface area (Å²) in [5.74, 6) is 0.629. The zero-order chi connectivity index (χ0) is 12.3. The lowest BCUT2D eigenvalue weighted by molar-refractivity contribution is 0.167. The van der Waals surface area contributed by atoms with Gasteiger partial charge in [0.1, 0.15) is 11.6 Å². The maximum Gasteiger partial charge on any atom is 0.131 e. The molecule has 0 radical (unpaired) electrons. The van der Waals surface area contributed by atoms with Crippen LogP contribution in [0.2, 0.25) is 0 Å².